The van der Waals surface area contributed by atoms with E-state index in [1.54, 1.807) is 28.0 Å². The number of carbonyl (C=O) groups excluding carboxylic acids is 3. The van der Waals surface area contributed by atoms with E-state index < -0.39 is 6.04 Å². The highest BCUT2D eigenvalue weighted by molar-refractivity contribution is 5.99. The van der Waals surface area contributed by atoms with Crippen LogP contribution >= 0.6 is 0 Å². The zero-order valence-corrected chi connectivity index (χ0v) is 29.0. The predicted molar refractivity (Wildman–Crippen MR) is 179 cm³/mol. The van der Waals surface area contributed by atoms with Crippen molar-refractivity contribution >= 4 is 23.4 Å². The van der Waals surface area contributed by atoms with E-state index in [2.05, 4.69) is 10.2 Å². The van der Waals surface area contributed by atoms with Crippen molar-refractivity contribution in [2.24, 2.45) is 5.92 Å². The lowest BCUT2D eigenvalue weighted by Crippen LogP contribution is -2.48. The van der Waals surface area contributed by atoms with Gasteiger partial charge in [-0.3, -0.25) is 14.4 Å². The summed E-state index contributed by atoms with van der Waals surface area (Å²) in [6.07, 6.45) is 4.42. The van der Waals surface area contributed by atoms with Crippen LogP contribution < -0.4 is 10.1 Å². The maximum atomic E-state index is 14.3. The van der Waals surface area contributed by atoms with Gasteiger partial charge in [0.2, 0.25) is 11.8 Å². The molecule has 0 fully saturated rings. The minimum atomic E-state index is -0.478. The second-order valence-electron chi connectivity index (χ2n) is 13.1. The molecule has 1 aliphatic rings. The molecular weight excluding hydrogens is 574 g/mol. The number of hydrogen-bond acceptors (Lipinski definition) is 8. The van der Waals surface area contributed by atoms with E-state index in [9.17, 15) is 19.5 Å². The van der Waals surface area contributed by atoms with E-state index in [0.717, 1.165) is 45.2 Å². The molecule has 1 aromatic rings. The lowest BCUT2D eigenvalue weighted by Gasteiger charge is -2.36. The molecule has 45 heavy (non-hydrogen) atoms. The third-order valence-corrected chi connectivity index (χ3v) is 8.22. The molecule has 0 spiro atoms. The number of aliphatic hydroxyl groups is 1. The molecule has 2 N–H and O–H groups in total. The van der Waals surface area contributed by atoms with E-state index >= 15 is 0 Å². The van der Waals surface area contributed by atoms with Gasteiger partial charge in [0.15, 0.2) is 0 Å². The van der Waals surface area contributed by atoms with Gasteiger partial charge in [-0.25, -0.2) is 0 Å². The standard InChI is InChI=1S/C34H59N5O6/c1-25-22-39(26(2)24-40)34(43)29-21-28(35-32(41)14-11-18-36(4)5)16-17-30(29)45-27(3)13-9-10-20-44-31(25)23-38(8)33(42)15-12-19-37(6)7/h16-17,21,25-27,31,40H,9-15,18-20,22-24H2,1-8H3,(H,35,41)/t25-,26-,27-,31+/m1/s1. The number of rotatable bonds is 13. The van der Waals surface area contributed by atoms with Crippen molar-refractivity contribution in [2.45, 2.75) is 84.0 Å². The van der Waals surface area contributed by atoms with Crippen LogP contribution in [0.25, 0.3) is 0 Å². The van der Waals surface area contributed by atoms with Crippen molar-refractivity contribution in [2.75, 3.05) is 79.9 Å². The Balaban J connectivity index is 2.34. The Labute approximate surface area is 271 Å². The molecule has 0 bridgehead atoms. The first kappa shape index (κ1) is 38.5. The molecule has 11 nitrogen and oxygen atoms in total. The summed E-state index contributed by atoms with van der Waals surface area (Å²) in [7, 11) is 9.74. The van der Waals surface area contributed by atoms with Crippen molar-refractivity contribution in [3.8, 4) is 5.75 Å². The molecule has 11 heteroatoms. The Bertz CT molecular complexity index is 1070. The fourth-order valence-electron chi connectivity index (χ4n) is 5.35. The molecule has 4 atom stereocenters. The smallest absolute Gasteiger partial charge is 0.258 e. The number of amides is 3. The van der Waals surface area contributed by atoms with Crippen molar-refractivity contribution in [3.63, 3.8) is 0 Å². The van der Waals surface area contributed by atoms with Gasteiger partial charge in [0.05, 0.1) is 30.4 Å². The summed E-state index contributed by atoms with van der Waals surface area (Å²) >= 11 is 0. The van der Waals surface area contributed by atoms with Crippen LogP contribution in [-0.2, 0) is 14.3 Å². The van der Waals surface area contributed by atoms with Crippen LogP contribution in [0.3, 0.4) is 0 Å². The van der Waals surface area contributed by atoms with Crippen LogP contribution in [-0.4, -0.2) is 135 Å². The zero-order chi connectivity index (χ0) is 33.5. The minimum absolute atomic E-state index is 0.0694. The summed E-state index contributed by atoms with van der Waals surface area (Å²) in [5.74, 6) is -0.0215. The second kappa shape index (κ2) is 19.7. The van der Waals surface area contributed by atoms with Gasteiger partial charge in [-0.1, -0.05) is 6.92 Å². The van der Waals surface area contributed by atoms with Crippen molar-refractivity contribution < 1.29 is 29.0 Å². The fourth-order valence-corrected chi connectivity index (χ4v) is 5.35. The summed E-state index contributed by atoms with van der Waals surface area (Å²) in [6, 6.07) is 4.71. The lowest BCUT2D eigenvalue weighted by molar-refractivity contribution is -0.132. The molecule has 0 unspecified atom stereocenters. The number of fused-ring (bicyclic) bond motifs is 1. The lowest BCUT2D eigenvalue weighted by atomic mass is 10.0. The van der Waals surface area contributed by atoms with Gasteiger partial charge < -0.3 is 39.5 Å². The molecule has 0 saturated heterocycles. The second-order valence-corrected chi connectivity index (χ2v) is 13.1. The SMILES string of the molecule is C[C@@H]1CCCCO[C@@H](CN(C)C(=O)CCCN(C)C)[C@H](C)CN([C@H](C)CO)C(=O)c2cc(NC(=O)CCCN(C)C)ccc2O1. The molecular formula is C34H59N5O6. The third-order valence-electron chi connectivity index (χ3n) is 8.22. The third kappa shape index (κ3) is 13.7. The first-order valence-corrected chi connectivity index (χ1v) is 16.5. The number of carbonyl (C=O) groups is 3. The van der Waals surface area contributed by atoms with E-state index in [0.29, 0.717) is 49.5 Å². The molecule has 256 valence electrons. The average Bonchev–Trinajstić information content (AvgIpc) is 2.97. The molecule has 0 aromatic heterocycles. The normalized spacial score (nSPS) is 20.7. The van der Waals surface area contributed by atoms with Gasteiger partial charge in [0.1, 0.15) is 5.75 Å². The highest BCUT2D eigenvalue weighted by Gasteiger charge is 2.31. The van der Waals surface area contributed by atoms with E-state index in [4.69, 9.17) is 9.47 Å². The summed E-state index contributed by atoms with van der Waals surface area (Å²) in [6.45, 7) is 8.51. The van der Waals surface area contributed by atoms with Crippen LogP contribution in [0.1, 0.15) is 76.1 Å². The molecule has 1 aliphatic heterocycles. The highest BCUT2D eigenvalue weighted by atomic mass is 16.5. The van der Waals surface area contributed by atoms with Crippen LogP contribution in [0.15, 0.2) is 18.2 Å². The topological polar surface area (TPSA) is 115 Å². The van der Waals surface area contributed by atoms with Crippen LogP contribution in [0.5, 0.6) is 5.75 Å². The summed E-state index contributed by atoms with van der Waals surface area (Å²) < 4.78 is 12.7. The summed E-state index contributed by atoms with van der Waals surface area (Å²) in [5, 5.41) is 13.1. The Morgan fingerprint density at radius 2 is 1.71 bits per heavy atom. The summed E-state index contributed by atoms with van der Waals surface area (Å²) in [4.78, 5) is 47.3. The van der Waals surface area contributed by atoms with Gasteiger partial charge in [-0.2, -0.15) is 0 Å². The van der Waals surface area contributed by atoms with Gasteiger partial charge in [-0.15, -0.1) is 0 Å². The Morgan fingerprint density at radius 1 is 1.04 bits per heavy atom. The quantitative estimate of drug-likeness (QED) is 0.339. The number of nitrogens with zero attached hydrogens (tertiary/aromatic N) is 4. The number of likely N-dealkylation sites (N-methyl/N-ethyl adjacent to an activating group) is 1. The van der Waals surface area contributed by atoms with Gasteiger partial charge in [0, 0.05) is 51.2 Å². The van der Waals surface area contributed by atoms with Gasteiger partial charge in [-0.05, 0) is 105 Å². The maximum absolute atomic E-state index is 14.3. The number of aliphatic hydroxyl groups excluding tert-OH is 1. The molecule has 0 radical (unpaired) electrons. The largest absolute Gasteiger partial charge is 0.490 e. The predicted octanol–water partition coefficient (Wildman–Crippen LogP) is 3.56. The number of hydrogen-bond donors (Lipinski definition) is 2. The minimum Gasteiger partial charge on any atom is -0.490 e. The number of anilines is 1. The van der Waals surface area contributed by atoms with E-state index in [-0.39, 0.29) is 42.5 Å². The van der Waals surface area contributed by atoms with E-state index in [1.807, 2.05) is 60.9 Å². The average molecular weight is 634 g/mol. The number of nitrogens with one attached hydrogen (secondary N) is 1. The molecule has 0 aliphatic carbocycles. The van der Waals surface area contributed by atoms with E-state index in [1.165, 1.54) is 0 Å². The first-order valence-electron chi connectivity index (χ1n) is 16.5. The fraction of sp³-hybridized carbons (Fsp3) is 0.735. The molecule has 3 amide bonds. The molecule has 0 saturated carbocycles. The number of benzene rings is 1. The zero-order valence-electron chi connectivity index (χ0n) is 29.0. The van der Waals surface area contributed by atoms with Crippen LogP contribution in [0.2, 0.25) is 0 Å². The van der Waals surface area contributed by atoms with Crippen molar-refractivity contribution in [3.05, 3.63) is 23.8 Å². The highest BCUT2D eigenvalue weighted by Crippen LogP contribution is 2.28. The Morgan fingerprint density at radius 3 is 2.36 bits per heavy atom. The summed E-state index contributed by atoms with van der Waals surface area (Å²) in [5.41, 5.74) is 0.859. The number of ether oxygens (including phenoxy) is 2. The van der Waals surface area contributed by atoms with Crippen LogP contribution in [0.4, 0.5) is 5.69 Å². The molecule has 1 aromatic carbocycles. The Hall–Kier alpha value is -2.73. The monoisotopic (exact) mass is 633 g/mol. The maximum Gasteiger partial charge on any atom is 0.258 e. The first-order chi connectivity index (χ1) is 21.3. The Kier molecular flexibility index (Phi) is 16.8. The molecule has 2 rings (SSSR count). The van der Waals surface area contributed by atoms with Crippen molar-refractivity contribution in [1.82, 2.24) is 19.6 Å². The van der Waals surface area contributed by atoms with Gasteiger partial charge >= 0.3 is 0 Å². The van der Waals surface area contributed by atoms with Crippen molar-refractivity contribution in [1.29, 1.82) is 0 Å². The molecule has 1 heterocycles. The van der Waals surface area contributed by atoms with Gasteiger partial charge in [0.25, 0.3) is 5.91 Å². The van der Waals surface area contributed by atoms with Crippen LogP contribution in [0, 0.1) is 5.92 Å².